The molecule has 2 aromatic rings. The fraction of sp³-hybridized carbons (Fsp3) is 0.261. The summed E-state index contributed by atoms with van der Waals surface area (Å²) in [5.41, 5.74) is -0.671. The van der Waals surface area contributed by atoms with Crippen LogP contribution in [0, 0.1) is 0 Å². The second kappa shape index (κ2) is 8.23. The molecule has 31 heavy (non-hydrogen) atoms. The summed E-state index contributed by atoms with van der Waals surface area (Å²) >= 11 is 0. The Balaban J connectivity index is 1.53. The number of benzene rings is 2. The minimum absolute atomic E-state index is 0.151. The number of para-hydroxylation sites is 1. The summed E-state index contributed by atoms with van der Waals surface area (Å²) in [5, 5.41) is 11.2. The van der Waals surface area contributed by atoms with Gasteiger partial charge in [-0.15, -0.1) is 0 Å². The molecule has 2 aliphatic heterocycles. The van der Waals surface area contributed by atoms with E-state index in [9.17, 15) is 19.5 Å². The Labute approximate surface area is 178 Å². The Morgan fingerprint density at radius 2 is 1.97 bits per heavy atom. The van der Waals surface area contributed by atoms with E-state index in [-0.39, 0.29) is 25.5 Å². The molecule has 1 atom stereocenters. The molecule has 160 valence electrons. The molecule has 0 spiro atoms. The predicted octanol–water partition coefficient (Wildman–Crippen LogP) is 2.19. The van der Waals surface area contributed by atoms with Crippen LogP contribution in [0.3, 0.4) is 0 Å². The monoisotopic (exact) mass is 423 g/mol. The van der Waals surface area contributed by atoms with Gasteiger partial charge >= 0.3 is 5.97 Å². The van der Waals surface area contributed by atoms with E-state index in [1.54, 1.807) is 55.5 Å². The molecule has 2 heterocycles. The largest absolute Gasteiger partial charge is 0.465 e. The number of anilines is 1. The molecule has 0 fully saturated rings. The number of hydrogen-bond donors (Lipinski definition) is 1. The molecular formula is C23H21NO7. The zero-order valence-electron chi connectivity index (χ0n) is 16.9. The number of fused-ring (bicyclic) bond motifs is 2. The Kier molecular flexibility index (Phi) is 5.48. The van der Waals surface area contributed by atoms with E-state index in [0.717, 1.165) is 4.90 Å². The van der Waals surface area contributed by atoms with Crippen molar-refractivity contribution in [1.29, 1.82) is 0 Å². The van der Waals surface area contributed by atoms with Crippen molar-refractivity contribution in [2.45, 2.75) is 18.9 Å². The van der Waals surface area contributed by atoms with Gasteiger partial charge in [-0.3, -0.25) is 19.3 Å². The van der Waals surface area contributed by atoms with Gasteiger partial charge in [-0.1, -0.05) is 30.3 Å². The standard InChI is InChI=1S/C23H21NO7/c1-2-29-21(26)13-24-18-6-4-3-5-17(18)23(28,22(24)27)12-16(25)9-7-15-8-10-19-20(11-15)31-14-30-19/h3-11,28H,2,12-14H2,1H3/b9-7-. The number of carbonyl (C=O) groups is 3. The number of rotatable bonds is 7. The summed E-state index contributed by atoms with van der Waals surface area (Å²) in [4.78, 5) is 38.7. The SMILES string of the molecule is CCOC(=O)CN1C(=O)C(O)(CC(=O)/C=C\c2ccc3c(c2)OCO3)c2ccccc21. The maximum absolute atomic E-state index is 13.0. The van der Waals surface area contributed by atoms with Crippen LogP contribution in [-0.4, -0.2) is 42.7 Å². The topological polar surface area (TPSA) is 102 Å². The van der Waals surface area contributed by atoms with Crippen molar-refractivity contribution in [3.8, 4) is 11.5 Å². The molecule has 0 saturated heterocycles. The number of ketones is 1. The minimum atomic E-state index is -2.06. The molecule has 1 amide bonds. The van der Waals surface area contributed by atoms with Gasteiger partial charge in [0.15, 0.2) is 22.9 Å². The number of aliphatic hydroxyl groups is 1. The van der Waals surface area contributed by atoms with Crippen LogP contribution >= 0.6 is 0 Å². The molecule has 0 bridgehead atoms. The van der Waals surface area contributed by atoms with Crippen LogP contribution in [0.2, 0.25) is 0 Å². The predicted molar refractivity (Wildman–Crippen MR) is 111 cm³/mol. The van der Waals surface area contributed by atoms with Gasteiger partial charge in [0.1, 0.15) is 6.54 Å². The Morgan fingerprint density at radius 1 is 1.19 bits per heavy atom. The van der Waals surface area contributed by atoms with Crippen molar-refractivity contribution in [3.05, 3.63) is 59.7 Å². The van der Waals surface area contributed by atoms with Crippen molar-refractivity contribution >= 4 is 29.4 Å². The number of esters is 1. The Bertz CT molecular complexity index is 1080. The molecule has 1 N–H and O–H groups in total. The minimum Gasteiger partial charge on any atom is -0.465 e. The van der Waals surface area contributed by atoms with Crippen molar-refractivity contribution in [1.82, 2.24) is 0 Å². The lowest BCUT2D eigenvalue weighted by molar-refractivity contribution is -0.145. The smallest absolute Gasteiger partial charge is 0.326 e. The lowest BCUT2D eigenvalue weighted by Crippen LogP contribution is -2.43. The first-order chi connectivity index (χ1) is 14.9. The highest BCUT2D eigenvalue weighted by Crippen LogP contribution is 2.42. The van der Waals surface area contributed by atoms with E-state index in [1.165, 1.54) is 6.08 Å². The highest BCUT2D eigenvalue weighted by atomic mass is 16.7. The first kappa shape index (κ1) is 20.6. The molecule has 0 aromatic heterocycles. The summed E-state index contributed by atoms with van der Waals surface area (Å²) in [6, 6.07) is 11.8. The van der Waals surface area contributed by atoms with Gasteiger partial charge in [0, 0.05) is 5.56 Å². The van der Waals surface area contributed by atoms with E-state index in [1.807, 2.05) is 0 Å². The second-order valence-electron chi connectivity index (χ2n) is 7.16. The van der Waals surface area contributed by atoms with Crippen LogP contribution in [-0.2, 0) is 24.7 Å². The second-order valence-corrected chi connectivity index (χ2v) is 7.16. The van der Waals surface area contributed by atoms with Crippen LogP contribution in [0.15, 0.2) is 48.5 Å². The van der Waals surface area contributed by atoms with E-state index < -0.39 is 29.7 Å². The number of allylic oxidation sites excluding steroid dienone is 1. The number of ether oxygens (including phenoxy) is 3. The van der Waals surface area contributed by atoms with Crippen LogP contribution in [0.4, 0.5) is 5.69 Å². The molecule has 1 unspecified atom stereocenters. The molecule has 2 aliphatic rings. The van der Waals surface area contributed by atoms with Crippen LogP contribution in [0.25, 0.3) is 6.08 Å². The summed E-state index contributed by atoms with van der Waals surface area (Å²) < 4.78 is 15.5. The number of amides is 1. The number of hydrogen-bond acceptors (Lipinski definition) is 7. The molecule has 8 heteroatoms. The van der Waals surface area contributed by atoms with E-state index in [0.29, 0.717) is 22.7 Å². The van der Waals surface area contributed by atoms with Gasteiger partial charge in [0.25, 0.3) is 5.91 Å². The highest BCUT2D eigenvalue weighted by Gasteiger charge is 2.51. The average molecular weight is 423 g/mol. The van der Waals surface area contributed by atoms with Crippen molar-refractivity contribution in [2.75, 3.05) is 24.8 Å². The molecule has 8 nitrogen and oxygen atoms in total. The van der Waals surface area contributed by atoms with Crippen LogP contribution in [0.5, 0.6) is 11.5 Å². The highest BCUT2D eigenvalue weighted by molar-refractivity contribution is 6.11. The first-order valence-electron chi connectivity index (χ1n) is 9.82. The molecular weight excluding hydrogens is 402 g/mol. The van der Waals surface area contributed by atoms with Gasteiger partial charge in [-0.05, 0) is 36.8 Å². The number of carbonyl (C=O) groups excluding carboxylic acids is 3. The lowest BCUT2D eigenvalue weighted by Gasteiger charge is -2.21. The normalized spacial score (nSPS) is 19.0. The Morgan fingerprint density at radius 3 is 2.77 bits per heavy atom. The average Bonchev–Trinajstić information content (AvgIpc) is 3.30. The van der Waals surface area contributed by atoms with Crippen LogP contribution < -0.4 is 14.4 Å². The number of nitrogens with zero attached hydrogens (tertiary/aromatic N) is 1. The summed E-state index contributed by atoms with van der Waals surface area (Å²) in [5.74, 6) is -0.549. The summed E-state index contributed by atoms with van der Waals surface area (Å²) in [6.07, 6.45) is 2.43. The summed E-state index contributed by atoms with van der Waals surface area (Å²) in [7, 11) is 0. The zero-order chi connectivity index (χ0) is 22.0. The van der Waals surface area contributed by atoms with E-state index in [4.69, 9.17) is 14.2 Å². The molecule has 0 radical (unpaired) electrons. The zero-order valence-corrected chi connectivity index (χ0v) is 16.9. The molecule has 0 aliphatic carbocycles. The van der Waals surface area contributed by atoms with Gasteiger partial charge in [-0.25, -0.2) is 0 Å². The van der Waals surface area contributed by atoms with Crippen molar-refractivity contribution in [2.24, 2.45) is 0 Å². The van der Waals surface area contributed by atoms with E-state index >= 15 is 0 Å². The fourth-order valence-corrected chi connectivity index (χ4v) is 3.69. The quantitative estimate of drug-likeness (QED) is 0.538. The van der Waals surface area contributed by atoms with Gasteiger partial charge in [0.05, 0.1) is 18.7 Å². The van der Waals surface area contributed by atoms with Crippen LogP contribution in [0.1, 0.15) is 24.5 Å². The van der Waals surface area contributed by atoms with E-state index in [2.05, 4.69) is 0 Å². The molecule has 2 aromatic carbocycles. The fourth-order valence-electron chi connectivity index (χ4n) is 3.69. The maximum atomic E-state index is 13.0. The third-order valence-electron chi connectivity index (χ3n) is 5.12. The third kappa shape index (κ3) is 3.89. The maximum Gasteiger partial charge on any atom is 0.326 e. The Hall–Kier alpha value is -3.65. The lowest BCUT2D eigenvalue weighted by atomic mass is 9.89. The van der Waals surface area contributed by atoms with Gasteiger partial charge in [-0.2, -0.15) is 0 Å². The summed E-state index contributed by atoms with van der Waals surface area (Å²) in [6.45, 7) is 1.65. The van der Waals surface area contributed by atoms with Crippen molar-refractivity contribution in [3.63, 3.8) is 0 Å². The van der Waals surface area contributed by atoms with Gasteiger partial charge < -0.3 is 19.3 Å². The van der Waals surface area contributed by atoms with Gasteiger partial charge in [0.2, 0.25) is 6.79 Å². The molecule has 4 rings (SSSR count). The third-order valence-corrected chi connectivity index (χ3v) is 5.12. The van der Waals surface area contributed by atoms with Crippen molar-refractivity contribution < 1.29 is 33.7 Å². The molecule has 0 saturated carbocycles. The first-order valence-corrected chi connectivity index (χ1v) is 9.82.